The van der Waals surface area contributed by atoms with Gasteiger partial charge in [-0.05, 0) is 33.4 Å². The number of anilines is 3. The Morgan fingerprint density at radius 1 is 1.29 bits per heavy atom. The topological polar surface area (TPSA) is 100 Å². The average Bonchev–Trinajstić information content (AvgIpc) is 3.33. The summed E-state index contributed by atoms with van der Waals surface area (Å²) in [7, 11) is 2.09. The van der Waals surface area contributed by atoms with Crippen LogP contribution in [0.15, 0.2) is 12.4 Å². The number of likely N-dealkylation sites (N-methyl/N-ethyl adjacent to an activating group) is 1. The molecule has 0 aromatic carbocycles. The van der Waals surface area contributed by atoms with E-state index in [4.69, 9.17) is 4.74 Å². The zero-order valence-corrected chi connectivity index (χ0v) is 19.6. The fourth-order valence-corrected chi connectivity index (χ4v) is 4.22. The number of hydrogen-bond donors (Lipinski definition) is 2. The van der Waals surface area contributed by atoms with Gasteiger partial charge in [-0.2, -0.15) is 10.1 Å². The van der Waals surface area contributed by atoms with E-state index in [1.54, 1.807) is 4.90 Å². The van der Waals surface area contributed by atoms with Crippen LogP contribution in [0, 0.1) is 6.92 Å². The highest BCUT2D eigenvalue weighted by atomic mass is 19.3. The zero-order valence-electron chi connectivity index (χ0n) is 19.6. The molecule has 0 aliphatic carbocycles. The van der Waals surface area contributed by atoms with Gasteiger partial charge in [-0.1, -0.05) is 0 Å². The van der Waals surface area contributed by atoms with Gasteiger partial charge >= 0.3 is 0 Å². The van der Waals surface area contributed by atoms with Crippen LogP contribution in [0.4, 0.5) is 26.2 Å². The van der Waals surface area contributed by atoms with E-state index in [0.29, 0.717) is 51.7 Å². The number of likely N-dealkylation sites (tertiary alicyclic amines) is 1. The van der Waals surface area contributed by atoms with Crippen molar-refractivity contribution in [3.05, 3.63) is 23.7 Å². The number of amides is 1. The zero-order chi connectivity index (χ0) is 24.1. The quantitative estimate of drug-likeness (QED) is 0.531. The van der Waals surface area contributed by atoms with Crippen molar-refractivity contribution in [3.63, 3.8) is 0 Å². The first-order valence-electron chi connectivity index (χ1n) is 11.7. The second-order valence-corrected chi connectivity index (χ2v) is 8.76. The van der Waals surface area contributed by atoms with Gasteiger partial charge in [-0.25, -0.2) is 13.8 Å². The molecule has 0 spiro atoms. The Morgan fingerprint density at radius 3 is 2.91 bits per heavy atom. The maximum absolute atomic E-state index is 13.5. The van der Waals surface area contributed by atoms with Crippen LogP contribution in [0.25, 0.3) is 0 Å². The van der Waals surface area contributed by atoms with E-state index in [1.165, 1.54) is 0 Å². The van der Waals surface area contributed by atoms with Gasteiger partial charge in [0.2, 0.25) is 11.9 Å². The Labute approximate surface area is 197 Å². The van der Waals surface area contributed by atoms with Crippen molar-refractivity contribution in [2.24, 2.45) is 0 Å². The number of carbonyl (C=O) groups is 1. The van der Waals surface area contributed by atoms with Crippen LogP contribution >= 0.6 is 0 Å². The number of aryl methyl sites for hydroxylation is 1. The molecule has 2 saturated heterocycles. The molecular formula is C22H32F2N8O2. The molecule has 0 radical (unpaired) electrons. The van der Waals surface area contributed by atoms with Crippen LogP contribution in [-0.4, -0.2) is 88.4 Å². The number of alkyl halides is 2. The Morgan fingerprint density at radius 2 is 2.15 bits per heavy atom. The molecular weight excluding hydrogens is 446 g/mol. The van der Waals surface area contributed by atoms with Gasteiger partial charge in [-0.3, -0.25) is 9.48 Å². The third kappa shape index (κ3) is 5.98. The van der Waals surface area contributed by atoms with Crippen molar-refractivity contribution in [1.29, 1.82) is 0 Å². The molecule has 0 bridgehead atoms. The SMILES string of the molecule is Cc1nn(C2CCN(C)C2)cc1Nc1ncc(C(F)F)c(NCCCN2CCOCCC2=O)n1. The molecule has 1 unspecified atom stereocenters. The van der Waals surface area contributed by atoms with E-state index in [-0.39, 0.29) is 23.2 Å². The highest BCUT2D eigenvalue weighted by Crippen LogP contribution is 2.28. The summed E-state index contributed by atoms with van der Waals surface area (Å²) in [6, 6.07) is 0.307. The summed E-state index contributed by atoms with van der Waals surface area (Å²) >= 11 is 0. The minimum absolute atomic E-state index is 0.0551. The first-order chi connectivity index (χ1) is 16.4. The molecule has 1 atom stereocenters. The van der Waals surface area contributed by atoms with Crippen LogP contribution in [-0.2, 0) is 9.53 Å². The van der Waals surface area contributed by atoms with Gasteiger partial charge in [0.05, 0.1) is 42.6 Å². The van der Waals surface area contributed by atoms with E-state index in [0.717, 1.165) is 37.1 Å². The normalized spacial score (nSPS) is 19.6. The lowest BCUT2D eigenvalue weighted by atomic mass is 10.3. The predicted molar refractivity (Wildman–Crippen MR) is 124 cm³/mol. The fraction of sp³-hybridized carbons (Fsp3) is 0.636. The number of nitrogens with zero attached hydrogens (tertiary/aromatic N) is 6. The summed E-state index contributed by atoms with van der Waals surface area (Å²) < 4.78 is 34.3. The molecule has 186 valence electrons. The van der Waals surface area contributed by atoms with Crippen molar-refractivity contribution in [2.45, 2.75) is 38.7 Å². The Balaban J connectivity index is 1.39. The van der Waals surface area contributed by atoms with Gasteiger partial charge in [0, 0.05) is 38.6 Å². The number of nitrogens with one attached hydrogen (secondary N) is 2. The molecule has 1 amide bonds. The van der Waals surface area contributed by atoms with E-state index in [2.05, 4.69) is 37.6 Å². The first kappa shape index (κ1) is 24.3. The van der Waals surface area contributed by atoms with Gasteiger partial charge in [0.1, 0.15) is 5.82 Å². The molecule has 2 aliphatic rings. The molecule has 2 fully saturated rings. The molecule has 4 rings (SSSR count). The van der Waals surface area contributed by atoms with Crippen LogP contribution in [0.1, 0.15) is 43.0 Å². The van der Waals surface area contributed by atoms with Crippen LogP contribution < -0.4 is 10.6 Å². The summed E-state index contributed by atoms with van der Waals surface area (Å²) in [6.07, 6.45) is 2.35. The molecule has 10 nitrogen and oxygen atoms in total. The third-order valence-corrected chi connectivity index (χ3v) is 6.17. The summed E-state index contributed by atoms with van der Waals surface area (Å²) in [5.74, 6) is 0.359. The van der Waals surface area contributed by atoms with Crippen molar-refractivity contribution < 1.29 is 18.3 Å². The molecule has 2 N–H and O–H groups in total. The highest BCUT2D eigenvalue weighted by Gasteiger charge is 2.23. The van der Waals surface area contributed by atoms with Crippen LogP contribution in [0.3, 0.4) is 0 Å². The monoisotopic (exact) mass is 478 g/mol. The van der Waals surface area contributed by atoms with E-state index in [1.807, 2.05) is 17.8 Å². The van der Waals surface area contributed by atoms with E-state index >= 15 is 0 Å². The van der Waals surface area contributed by atoms with Crippen molar-refractivity contribution in [3.8, 4) is 0 Å². The second kappa shape index (κ2) is 11.0. The largest absolute Gasteiger partial charge is 0.379 e. The lowest BCUT2D eigenvalue weighted by molar-refractivity contribution is -0.130. The van der Waals surface area contributed by atoms with E-state index in [9.17, 15) is 13.6 Å². The molecule has 2 aliphatic heterocycles. The van der Waals surface area contributed by atoms with Crippen LogP contribution in [0.2, 0.25) is 0 Å². The molecule has 0 saturated carbocycles. The Bertz CT molecular complexity index is 986. The van der Waals surface area contributed by atoms with Crippen molar-refractivity contribution >= 4 is 23.4 Å². The molecule has 2 aromatic rings. The number of hydrogen-bond acceptors (Lipinski definition) is 8. The van der Waals surface area contributed by atoms with Gasteiger partial charge in [0.15, 0.2) is 0 Å². The summed E-state index contributed by atoms with van der Waals surface area (Å²) in [5.41, 5.74) is 1.27. The standard InChI is InChI=1S/C22H32F2N8O2/c1-15-18(14-32(29-15)16-4-8-30(2)13-16)27-22-26-12-17(20(23)24)21(28-22)25-6-3-7-31-9-11-34-10-5-19(31)33/h12,14,16,20H,3-11,13H2,1-2H3,(H2,25,26,27,28). The summed E-state index contributed by atoms with van der Waals surface area (Å²) in [6.45, 7) is 6.29. The number of rotatable bonds is 9. The maximum Gasteiger partial charge on any atom is 0.268 e. The third-order valence-electron chi connectivity index (χ3n) is 6.17. The summed E-state index contributed by atoms with van der Waals surface area (Å²) in [4.78, 5) is 24.5. The van der Waals surface area contributed by atoms with Crippen LogP contribution in [0.5, 0.6) is 0 Å². The van der Waals surface area contributed by atoms with Gasteiger partial charge < -0.3 is 25.2 Å². The molecule has 34 heavy (non-hydrogen) atoms. The van der Waals surface area contributed by atoms with Crippen molar-refractivity contribution in [2.75, 3.05) is 63.6 Å². The number of ether oxygens (including phenoxy) is 1. The number of aromatic nitrogens is 4. The lowest BCUT2D eigenvalue weighted by Gasteiger charge is -2.20. The maximum atomic E-state index is 13.5. The predicted octanol–water partition coefficient (Wildman–Crippen LogP) is 2.59. The molecule has 4 heterocycles. The minimum Gasteiger partial charge on any atom is -0.379 e. The van der Waals surface area contributed by atoms with E-state index < -0.39 is 6.43 Å². The molecule has 12 heteroatoms. The molecule has 2 aromatic heterocycles. The minimum atomic E-state index is -2.70. The Hall–Kier alpha value is -2.86. The average molecular weight is 479 g/mol. The Kier molecular flexibility index (Phi) is 7.88. The summed E-state index contributed by atoms with van der Waals surface area (Å²) in [5, 5.41) is 10.7. The first-order valence-corrected chi connectivity index (χ1v) is 11.7. The second-order valence-electron chi connectivity index (χ2n) is 8.76. The number of carbonyl (C=O) groups excluding carboxylic acids is 1. The fourth-order valence-electron chi connectivity index (χ4n) is 4.22. The highest BCUT2D eigenvalue weighted by molar-refractivity contribution is 5.76. The lowest BCUT2D eigenvalue weighted by Crippen LogP contribution is -2.33. The van der Waals surface area contributed by atoms with Gasteiger partial charge in [-0.15, -0.1) is 0 Å². The smallest absolute Gasteiger partial charge is 0.268 e. The van der Waals surface area contributed by atoms with Gasteiger partial charge in [0.25, 0.3) is 6.43 Å². The number of halogens is 2. The van der Waals surface area contributed by atoms with Crippen molar-refractivity contribution in [1.82, 2.24) is 29.5 Å².